The van der Waals surface area contributed by atoms with Crippen LogP contribution >= 0.6 is 0 Å². The van der Waals surface area contributed by atoms with Gasteiger partial charge in [0.2, 0.25) is 0 Å². The van der Waals surface area contributed by atoms with Gasteiger partial charge in [0.25, 0.3) is 0 Å². The number of carbonyl (C=O) groups excluding carboxylic acids is 1. The second-order valence-electron chi connectivity index (χ2n) is 4.16. The van der Waals surface area contributed by atoms with E-state index in [9.17, 15) is 9.59 Å². The Hall–Kier alpha value is -2.90. The maximum Gasteiger partial charge on any atom is 0.407 e. The molecule has 2 aromatic heterocycles. The largest absolute Gasteiger partial charge is 0.477 e. The van der Waals surface area contributed by atoms with E-state index >= 15 is 0 Å². The van der Waals surface area contributed by atoms with E-state index in [-0.39, 0.29) is 17.8 Å². The molecule has 0 saturated heterocycles. The zero-order valence-corrected chi connectivity index (χ0v) is 11.2. The third-order valence-electron chi connectivity index (χ3n) is 2.66. The number of hydrogen-bond donors (Lipinski definition) is 2. The Morgan fingerprint density at radius 1 is 1.48 bits per heavy atom. The maximum atomic E-state index is 11.2. The van der Waals surface area contributed by atoms with Gasteiger partial charge in [-0.1, -0.05) is 12.7 Å². The molecule has 8 heteroatoms. The molecule has 2 N–H and O–H groups in total. The highest BCUT2D eigenvalue weighted by atomic mass is 16.5. The second-order valence-corrected chi connectivity index (χ2v) is 4.16. The average molecular weight is 290 g/mol. The Morgan fingerprint density at radius 3 is 3.00 bits per heavy atom. The second kappa shape index (κ2) is 6.51. The zero-order chi connectivity index (χ0) is 15.2. The Morgan fingerprint density at radius 2 is 2.29 bits per heavy atom. The summed E-state index contributed by atoms with van der Waals surface area (Å²) in [6.45, 7) is 3.97. The first kappa shape index (κ1) is 14.5. The third-order valence-corrected chi connectivity index (χ3v) is 2.66. The number of carboxylic acid groups (broad SMARTS) is 1. The van der Waals surface area contributed by atoms with E-state index in [0.717, 1.165) is 5.56 Å². The molecule has 0 bridgehead atoms. The van der Waals surface area contributed by atoms with Gasteiger partial charge in [-0.15, -0.1) is 0 Å². The van der Waals surface area contributed by atoms with Crippen LogP contribution in [0.3, 0.4) is 0 Å². The van der Waals surface area contributed by atoms with E-state index in [1.807, 2.05) is 0 Å². The number of rotatable bonds is 6. The number of hydrogen-bond acceptors (Lipinski definition) is 5. The molecule has 0 atom stereocenters. The van der Waals surface area contributed by atoms with Gasteiger partial charge in [0.15, 0.2) is 5.65 Å². The summed E-state index contributed by atoms with van der Waals surface area (Å²) in [5.41, 5.74) is 1.14. The van der Waals surface area contributed by atoms with Crippen molar-refractivity contribution in [1.29, 1.82) is 0 Å². The van der Waals surface area contributed by atoms with E-state index in [1.54, 1.807) is 12.4 Å². The van der Waals surface area contributed by atoms with Gasteiger partial charge in [0.1, 0.15) is 12.2 Å². The molecule has 2 aromatic rings. The number of alkyl carbamates (subject to hydrolysis) is 1. The number of carbonyl (C=O) groups is 2. The normalized spacial score (nSPS) is 10.3. The summed E-state index contributed by atoms with van der Waals surface area (Å²) in [5, 5.41) is 15.5. The average Bonchev–Trinajstić information content (AvgIpc) is 2.88. The van der Waals surface area contributed by atoms with Crippen LogP contribution in [0.15, 0.2) is 31.2 Å². The quantitative estimate of drug-likeness (QED) is 0.765. The first-order valence-electron chi connectivity index (χ1n) is 6.19. The number of aromatic nitrogens is 3. The summed E-state index contributed by atoms with van der Waals surface area (Å²) < 4.78 is 6.16. The minimum Gasteiger partial charge on any atom is -0.477 e. The molecule has 8 nitrogen and oxygen atoms in total. The van der Waals surface area contributed by atoms with Crippen LogP contribution in [0.25, 0.3) is 5.65 Å². The molecule has 0 aliphatic carbocycles. The highest BCUT2D eigenvalue weighted by Crippen LogP contribution is 2.09. The van der Waals surface area contributed by atoms with Crippen molar-refractivity contribution in [3.63, 3.8) is 0 Å². The van der Waals surface area contributed by atoms with E-state index in [4.69, 9.17) is 9.84 Å². The van der Waals surface area contributed by atoms with Gasteiger partial charge in [-0.2, -0.15) is 5.10 Å². The Labute approximate surface area is 120 Å². The van der Waals surface area contributed by atoms with Crippen molar-refractivity contribution in [1.82, 2.24) is 19.9 Å². The smallest absolute Gasteiger partial charge is 0.407 e. The Kier molecular flexibility index (Phi) is 4.50. The molecule has 2 rings (SSSR count). The molecule has 0 fully saturated rings. The summed E-state index contributed by atoms with van der Waals surface area (Å²) in [4.78, 5) is 26.2. The van der Waals surface area contributed by atoms with Crippen molar-refractivity contribution in [2.45, 2.75) is 6.42 Å². The van der Waals surface area contributed by atoms with Crippen molar-refractivity contribution in [3.8, 4) is 0 Å². The fraction of sp³-hybridized carbons (Fsp3) is 0.231. The Balaban J connectivity index is 1.96. The lowest BCUT2D eigenvalue weighted by Gasteiger charge is -2.05. The van der Waals surface area contributed by atoms with Crippen LogP contribution in [0.4, 0.5) is 4.79 Å². The molecule has 0 radical (unpaired) electrons. The standard InChI is InChI=1S/C13H14N4O4/c1-2-5-21-13(20)14-4-3-9-6-15-11-10(12(18)19)7-16-17(11)8-9/h2,6-8H,1,3-5H2,(H,14,20)(H,18,19). The molecule has 1 amide bonds. The minimum atomic E-state index is -1.07. The molecule has 0 aromatic carbocycles. The predicted octanol–water partition coefficient (Wildman–Crippen LogP) is 0.882. The lowest BCUT2D eigenvalue weighted by molar-refractivity contribution is 0.0698. The van der Waals surface area contributed by atoms with Gasteiger partial charge >= 0.3 is 12.1 Å². The SMILES string of the molecule is C=CCOC(=O)NCCc1cnc2c(C(=O)O)cnn2c1. The monoisotopic (exact) mass is 290 g/mol. The Bertz CT molecular complexity index is 680. The van der Waals surface area contributed by atoms with Gasteiger partial charge in [-0.05, 0) is 12.0 Å². The molecule has 0 aliphatic heterocycles. The van der Waals surface area contributed by atoms with Crippen molar-refractivity contribution in [2.75, 3.05) is 13.2 Å². The number of aromatic carboxylic acids is 1. The summed E-state index contributed by atoms with van der Waals surface area (Å²) in [5.74, 6) is -1.07. The van der Waals surface area contributed by atoms with Crippen LogP contribution in [0.5, 0.6) is 0 Å². The number of nitrogens with zero attached hydrogens (tertiary/aromatic N) is 3. The van der Waals surface area contributed by atoms with Crippen molar-refractivity contribution in [2.24, 2.45) is 0 Å². The topological polar surface area (TPSA) is 106 Å². The third kappa shape index (κ3) is 3.56. The van der Waals surface area contributed by atoms with Gasteiger partial charge < -0.3 is 15.2 Å². The van der Waals surface area contributed by atoms with Crippen LogP contribution in [0.2, 0.25) is 0 Å². The molecule has 0 aliphatic rings. The molecule has 21 heavy (non-hydrogen) atoms. The lowest BCUT2D eigenvalue weighted by Crippen LogP contribution is -2.26. The van der Waals surface area contributed by atoms with Crippen molar-refractivity contribution in [3.05, 3.63) is 42.4 Å². The highest BCUT2D eigenvalue weighted by molar-refractivity contribution is 5.93. The van der Waals surface area contributed by atoms with E-state index < -0.39 is 12.1 Å². The van der Waals surface area contributed by atoms with Crippen molar-refractivity contribution >= 4 is 17.7 Å². The fourth-order valence-corrected chi connectivity index (χ4v) is 1.69. The van der Waals surface area contributed by atoms with Gasteiger partial charge in [0.05, 0.1) is 6.20 Å². The van der Waals surface area contributed by atoms with Crippen LogP contribution in [-0.4, -0.2) is 44.9 Å². The lowest BCUT2D eigenvalue weighted by atomic mass is 10.2. The first-order chi connectivity index (χ1) is 10.1. The number of carboxylic acids is 1. The summed E-state index contributed by atoms with van der Waals surface area (Å²) in [6.07, 6.45) is 5.96. The van der Waals surface area contributed by atoms with Crippen molar-refractivity contribution < 1.29 is 19.4 Å². The molecular weight excluding hydrogens is 276 g/mol. The van der Waals surface area contributed by atoms with Crippen LogP contribution in [0.1, 0.15) is 15.9 Å². The van der Waals surface area contributed by atoms with Crippen LogP contribution in [-0.2, 0) is 11.2 Å². The van der Waals surface area contributed by atoms with Crippen LogP contribution in [0, 0.1) is 0 Å². The van der Waals surface area contributed by atoms with E-state index in [2.05, 4.69) is 22.0 Å². The van der Waals surface area contributed by atoms with Gasteiger partial charge in [-0.25, -0.2) is 19.1 Å². The number of ether oxygens (including phenoxy) is 1. The highest BCUT2D eigenvalue weighted by Gasteiger charge is 2.12. The minimum absolute atomic E-state index is 0.0488. The van der Waals surface area contributed by atoms with Gasteiger partial charge in [0, 0.05) is 18.9 Å². The molecule has 110 valence electrons. The summed E-state index contributed by atoms with van der Waals surface area (Å²) >= 11 is 0. The van der Waals surface area contributed by atoms with Crippen LogP contribution < -0.4 is 5.32 Å². The molecule has 0 spiro atoms. The number of amides is 1. The molecular formula is C13H14N4O4. The fourth-order valence-electron chi connectivity index (χ4n) is 1.69. The van der Waals surface area contributed by atoms with E-state index in [0.29, 0.717) is 13.0 Å². The first-order valence-corrected chi connectivity index (χ1v) is 6.19. The summed E-state index contributed by atoms with van der Waals surface area (Å²) in [7, 11) is 0. The zero-order valence-electron chi connectivity index (χ0n) is 11.2. The number of fused-ring (bicyclic) bond motifs is 1. The molecule has 0 unspecified atom stereocenters. The molecule has 2 heterocycles. The maximum absolute atomic E-state index is 11.2. The van der Waals surface area contributed by atoms with E-state index in [1.165, 1.54) is 16.8 Å². The number of nitrogens with one attached hydrogen (secondary N) is 1. The van der Waals surface area contributed by atoms with Gasteiger partial charge in [-0.3, -0.25) is 0 Å². The summed E-state index contributed by atoms with van der Waals surface area (Å²) in [6, 6.07) is 0. The predicted molar refractivity (Wildman–Crippen MR) is 73.2 cm³/mol. The molecule has 0 saturated carbocycles.